The molecule has 2 aromatic carbocycles. The van der Waals surface area contributed by atoms with Crippen molar-refractivity contribution in [2.45, 2.75) is 35.8 Å². The third-order valence-corrected chi connectivity index (χ3v) is 4.09. The van der Waals surface area contributed by atoms with Gasteiger partial charge in [-0.25, -0.2) is 9.59 Å². The molecule has 7 heteroatoms. The first-order valence-corrected chi connectivity index (χ1v) is 9.18. The summed E-state index contributed by atoms with van der Waals surface area (Å²) in [6.07, 6.45) is 0. The molecule has 0 radical (unpaired) electrons. The molecular weight excluding hydrogens is 372 g/mol. The Balaban J connectivity index is 0.000000428. The van der Waals surface area contributed by atoms with Crippen LogP contribution >= 0.6 is 24.4 Å². The molecular formula is C19H24O5S2. The number of carboxylic acid groups (broad SMARTS) is 2. The summed E-state index contributed by atoms with van der Waals surface area (Å²) in [4.78, 5) is 22.5. The van der Waals surface area contributed by atoms with Crippen LogP contribution in [0.3, 0.4) is 0 Å². The molecule has 3 N–H and O–H groups in total. The van der Waals surface area contributed by atoms with Gasteiger partial charge in [-0.2, -0.15) is 0 Å². The van der Waals surface area contributed by atoms with E-state index in [2.05, 4.69) is 12.6 Å². The predicted molar refractivity (Wildman–Crippen MR) is 108 cm³/mol. The molecule has 0 amide bonds. The summed E-state index contributed by atoms with van der Waals surface area (Å²) < 4.78 is 0. The highest BCUT2D eigenvalue weighted by Crippen LogP contribution is 2.26. The van der Waals surface area contributed by atoms with Gasteiger partial charge in [-0.3, -0.25) is 0 Å². The third-order valence-electron chi connectivity index (χ3n) is 2.61. The standard InChI is InChI=1S/C10H12O2S.C7H6O2S.C2H6O/c1-7(2)13-9-6-4-3-5-8(9)10(11)12;8-7(9)5-3-1-2-4-6(5)10;1-2-3/h3-7H,1-2H3,(H,11,12);1-4,10H,(H,8,9);3H,2H2,1H3. The number of hydrogen-bond acceptors (Lipinski definition) is 5. The molecule has 26 heavy (non-hydrogen) atoms. The van der Waals surface area contributed by atoms with Gasteiger partial charge >= 0.3 is 11.9 Å². The molecule has 0 aromatic heterocycles. The highest BCUT2D eigenvalue weighted by Gasteiger charge is 2.10. The summed E-state index contributed by atoms with van der Waals surface area (Å²) in [5.74, 6) is -1.80. The Labute approximate surface area is 163 Å². The lowest BCUT2D eigenvalue weighted by Crippen LogP contribution is -1.99. The van der Waals surface area contributed by atoms with E-state index in [-0.39, 0.29) is 12.2 Å². The highest BCUT2D eigenvalue weighted by molar-refractivity contribution is 8.00. The molecule has 0 unspecified atom stereocenters. The zero-order valence-corrected chi connectivity index (χ0v) is 16.6. The van der Waals surface area contributed by atoms with Gasteiger partial charge in [0, 0.05) is 21.6 Å². The van der Waals surface area contributed by atoms with Crippen LogP contribution in [0, 0.1) is 0 Å². The average molecular weight is 397 g/mol. The maximum absolute atomic E-state index is 10.8. The van der Waals surface area contributed by atoms with Gasteiger partial charge in [-0.1, -0.05) is 38.1 Å². The van der Waals surface area contributed by atoms with E-state index in [0.29, 0.717) is 15.7 Å². The number of aliphatic hydroxyl groups excluding tert-OH is 1. The van der Waals surface area contributed by atoms with Crippen LogP contribution in [0.1, 0.15) is 41.5 Å². The molecule has 0 saturated heterocycles. The smallest absolute Gasteiger partial charge is 0.336 e. The van der Waals surface area contributed by atoms with Crippen molar-refractivity contribution in [3.8, 4) is 0 Å². The zero-order valence-electron chi connectivity index (χ0n) is 14.9. The van der Waals surface area contributed by atoms with Crippen molar-refractivity contribution in [3.05, 3.63) is 59.7 Å². The number of rotatable bonds is 4. The molecule has 0 saturated carbocycles. The highest BCUT2D eigenvalue weighted by atomic mass is 32.2. The largest absolute Gasteiger partial charge is 0.478 e. The van der Waals surface area contributed by atoms with Crippen LogP contribution in [-0.4, -0.2) is 39.1 Å². The van der Waals surface area contributed by atoms with Crippen LogP contribution in [0.4, 0.5) is 0 Å². The van der Waals surface area contributed by atoms with Gasteiger partial charge in [0.1, 0.15) is 0 Å². The van der Waals surface area contributed by atoms with E-state index in [4.69, 9.17) is 15.3 Å². The molecule has 0 aliphatic carbocycles. The molecule has 0 atom stereocenters. The lowest BCUT2D eigenvalue weighted by Gasteiger charge is -2.07. The second kappa shape index (κ2) is 13.3. The van der Waals surface area contributed by atoms with Gasteiger partial charge in [-0.15, -0.1) is 24.4 Å². The van der Waals surface area contributed by atoms with Gasteiger partial charge in [0.05, 0.1) is 11.1 Å². The van der Waals surface area contributed by atoms with E-state index >= 15 is 0 Å². The lowest BCUT2D eigenvalue weighted by atomic mass is 10.2. The fourth-order valence-corrected chi connectivity index (χ4v) is 2.86. The van der Waals surface area contributed by atoms with Gasteiger partial charge in [0.15, 0.2) is 0 Å². The van der Waals surface area contributed by atoms with Crippen LogP contribution in [0.25, 0.3) is 0 Å². The Morgan fingerprint density at radius 2 is 1.38 bits per heavy atom. The van der Waals surface area contributed by atoms with Crippen LogP contribution < -0.4 is 0 Å². The second-order valence-electron chi connectivity index (χ2n) is 5.11. The summed E-state index contributed by atoms with van der Waals surface area (Å²) in [6, 6.07) is 13.7. The Morgan fingerprint density at radius 3 is 1.77 bits per heavy atom. The minimum atomic E-state index is -0.939. The molecule has 0 spiro atoms. The molecule has 0 aliphatic heterocycles. The van der Waals surface area contributed by atoms with Crippen molar-refractivity contribution in [1.29, 1.82) is 0 Å². The number of benzene rings is 2. The topological polar surface area (TPSA) is 94.8 Å². The van der Waals surface area contributed by atoms with Crippen molar-refractivity contribution >= 4 is 36.3 Å². The number of carboxylic acids is 2. The van der Waals surface area contributed by atoms with Crippen LogP contribution in [0.2, 0.25) is 0 Å². The monoisotopic (exact) mass is 396 g/mol. The van der Waals surface area contributed by atoms with Gasteiger partial charge in [0.2, 0.25) is 0 Å². The molecule has 0 fully saturated rings. The van der Waals surface area contributed by atoms with Crippen molar-refractivity contribution in [3.63, 3.8) is 0 Å². The number of thioether (sulfide) groups is 1. The van der Waals surface area contributed by atoms with Gasteiger partial charge < -0.3 is 15.3 Å². The summed E-state index contributed by atoms with van der Waals surface area (Å²) in [5.41, 5.74) is 0.632. The van der Waals surface area contributed by atoms with Gasteiger partial charge in [-0.05, 0) is 31.2 Å². The third kappa shape index (κ3) is 9.50. The Bertz CT molecular complexity index is 702. The summed E-state index contributed by atoms with van der Waals surface area (Å²) in [7, 11) is 0. The van der Waals surface area contributed by atoms with Gasteiger partial charge in [0.25, 0.3) is 0 Å². The molecule has 2 rings (SSSR count). The number of aromatic carboxylic acids is 2. The maximum Gasteiger partial charge on any atom is 0.336 e. The van der Waals surface area contributed by atoms with Crippen LogP contribution in [0.5, 0.6) is 0 Å². The van der Waals surface area contributed by atoms with E-state index < -0.39 is 11.9 Å². The molecule has 142 valence electrons. The fraction of sp³-hybridized carbons (Fsp3) is 0.263. The fourth-order valence-electron chi connectivity index (χ4n) is 1.65. The first kappa shape index (κ1) is 24.0. The number of carbonyl (C=O) groups is 2. The number of thiol groups is 1. The van der Waals surface area contributed by atoms with Crippen molar-refractivity contribution in [2.75, 3.05) is 6.61 Å². The predicted octanol–water partition coefficient (Wildman–Crippen LogP) is 4.56. The Morgan fingerprint density at radius 1 is 0.962 bits per heavy atom. The Hall–Kier alpha value is -1.96. The second-order valence-corrected chi connectivity index (χ2v) is 7.21. The summed E-state index contributed by atoms with van der Waals surface area (Å²) in [6.45, 7) is 6.02. The maximum atomic E-state index is 10.8. The van der Waals surface area contributed by atoms with E-state index in [1.165, 1.54) is 6.07 Å². The first-order valence-electron chi connectivity index (χ1n) is 7.85. The van der Waals surface area contributed by atoms with E-state index in [1.54, 1.807) is 49.0 Å². The molecule has 0 aliphatic rings. The quantitative estimate of drug-likeness (QED) is 0.447. The lowest BCUT2D eigenvalue weighted by molar-refractivity contribution is 0.0682. The minimum Gasteiger partial charge on any atom is -0.478 e. The minimum absolute atomic E-state index is 0.242. The van der Waals surface area contributed by atoms with E-state index in [1.807, 2.05) is 26.0 Å². The van der Waals surface area contributed by atoms with Crippen molar-refractivity contribution in [2.24, 2.45) is 0 Å². The average Bonchev–Trinajstić information content (AvgIpc) is 2.56. The first-order chi connectivity index (χ1) is 12.2. The van der Waals surface area contributed by atoms with Crippen molar-refractivity contribution < 1.29 is 24.9 Å². The number of hydrogen-bond donors (Lipinski definition) is 4. The number of aliphatic hydroxyl groups is 1. The van der Waals surface area contributed by atoms with Crippen molar-refractivity contribution in [1.82, 2.24) is 0 Å². The van der Waals surface area contributed by atoms with E-state index in [0.717, 1.165) is 4.90 Å². The zero-order chi connectivity index (χ0) is 20.1. The van der Waals surface area contributed by atoms with Crippen LogP contribution in [-0.2, 0) is 0 Å². The molecule has 2 aromatic rings. The summed E-state index contributed by atoms with van der Waals surface area (Å²) in [5, 5.41) is 25.4. The summed E-state index contributed by atoms with van der Waals surface area (Å²) >= 11 is 5.53. The molecule has 0 bridgehead atoms. The normalized spacial score (nSPS) is 9.46. The molecule has 0 heterocycles. The molecule has 5 nitrogen and oxygen atoms in total. The van der Waals surface area contributed by atoms with E-state index in [9.17, 15) is 9.59 Å². The Kier molecular flexibility index (Phi) is 12.3. The van der Waals surface area contributed by atoms with Crippen LogP contribution in [0.15, 0.2) is 58.3 Å². The SMILES string of the molecule is CC(C)Sc1ccccc1C(=O)O.CCO.O=C(O)c1ccccc1S.